The Hall–Kier alpha value is -0.830. The number of sulfonamides is 1. The molecule has 0 amide bonds. The molecule has 0 saturated carbocycles. The molecule has 1 aromatic rings. The topological polar surface area (TPSA) is 90.8 Å². The van der Waals surface area contributed by atoms with Gasteiger partial charge < -0.3 is 15.7 Å². The summed E-state index contributed by atoms with van der Waals surface area (Å²) in [6.07, 6.45) is 0. The Morgan fingerprint density at radius 3 is 3.06 bits per heavy atom. The van der Waals surface area contributed by atoms with Gasteiger partial charge in [0.15, 0.2) is 4.21 Å². The molecular weight excluding hydrogens is 286 g/mol. The van der Waals surface area contributed by atoms with Crippen molar-refractivity contribution in [1.29, 1.82) is 0 Å². The van der Waals surface area contributed by atoms with E-state index in [4.69, 9.17) is 16.7 Å². The molecule has 1 unspecified atom stereocenters. The van der Waals surface area contributed by atoms with Crippen molar-refractivity contribution in [2.75, 3.05) is 11.9 Å². The van der Waals surface area contributed by atoms with Gasteiger partial charge in [0, 0.05) is 6.04 Å². The van der Waals surface area contributed by atoms with E-state index in [9.17, 15) is 8.42 Å². The lowest BCUT2D eigenvalue weighted by Crippen LogP contribution is -2.41. The summed E-state index contributed by atoms with van der Waals surface area (Å²) in [6, 6.07) is 1.23. The van der Waals surface area contributed by atoms with Crippen molar-refractivity contribution in [3.05, 3.63) is 10.4 Å². The zero-order valence-electron chi connectivity index (χ0n) is 8.77. The van der Waals surface area contributed by atoms with Crippen molar-refractivity contribution in [3.8, 4) is 0 Å². The van der Waals surface area contributed by atoms with Crippen molar-refractivity contribution in [2.45, 2.75) is 17.2 Å². The van der Waals surface area contributed by atoms with Crippen LogP contribution in [0.2, 0.25) is 4.34 Å². The van der Waals surface area contributed by atoms with Crippen LogP contribution in [-0.4, -0.2) is 32.1 Å². The summed E-state index contributed by atoms with van der Waals surface area (Å²) in [5, 5.41) is 14.4. The molecule has 6 nitrogen and oxygen atoms in total. The lowest BCUT2D eigenvalue weighted by atomic mass is 10.4. The van der Waals surface area contributed by atoms with E-state index >= 15 is 0 Å². The molecule has 0 spiro atoms. The second-order valence-electron chi connectivity index (χ2n) is 3.52. The molecule has 1 aliphatic heterocycles. The van der Waals surface area contributed by atoms with Crippen molar-refractivity contribution >= 4 is 44.6 Å². The second-order valence-corrected chi connectivity index (χ2v) is 7.00. The predicted octanol–water partition coefficient (Wildman–Crippen LogP) is 0.842. The van der Waals surface area contributed by atoms with Gasteiger partial charge in [0.1, 0.15) is 0 Å². The Morgan fingerprint density at radius 2 is 2.41 bits per heavy atom. The SMILES string of the molecule is CC(CO)NC1=NS(=O)(=O)c2sc(Cl)cc2N1. The molecule has 3 N–H and O–H groups in total. The Morgan fingerprint density at radius 1 is 1.71 bits per heavy atom. The number of anilines is 1. The third-order valence-corrected chi connectivity index (χ3v) is 5.08. The fourth-order valence-electron chi connectivity index (χ4n) is 1.28. The van der Waals surface area contributed by atoms with Crippen LogP contribution in [0.5, 0.6) is 0 Å². The number of aliphatic hydroxyl groups is 1. The molecule has 1 atom stereocenters. The van der Waals surface area contributed by atoms with Gasteiger partial charge in [-0.1, -0.05) is 11.6 Å². The predicted molar refractivity (Wildman–Crippen MR) is 67.3 cm³/mol. The number of rotatable bonds is 2. The summed E-state index contributed by atoms with van der Waals surface area (Å²) in [5.41, 5.74) is 0.405. The van der Waals surface area contributed by atoms with E-state index in [0.717, 1.165) is 11.3 Å². The maximum Gasteiger partial charge on any atom is 0.297 e. The monoisotopic (exact) mass is 295 g/mol. The number of hydrogen-bond acceptors (Lipinski definition) is 6. The van der Waals surface area contributed by atoms with Gasteiger partial charge in [0.25, 0.3) is 10.0 Å². The van der Waals surface area contributed by atoms with Gasteiger partial charge in [-0.2, -0.15) is 8.42 Å². The largest absolute Gasteiger partial charge is 0.394 e. The van der Waals surface area contributed by atoms with Gasteiger partial charge in [-0.3, -0.25) is 0 Å². The number of nitrogens with zero attached hydrogens (tertiary/aromatic N) is 1. The molecule has 17 heavy (non-hydrogen) atoms. The molecule has 0 fully saturated rings. The molecule has 0 aliphatic carbocycles. The highest BCUT2D eigenvalue weighted by molar-refractivity contribution is 7.92. The first-order valence-electron chi connectivity index (χ1n) is 4.71. The summed E-state index contributed by atoms with van der Waals surface area (Å²) < 4.78 is 27.6. The van der Waals surface area contributed by atoms with E-state index < -0.39 is 10.0 Å². The Bertz CT molecular complexity index is 567. The number of fused-ring (bicyclic) bond motifs is 1. The third-order valence-electron chi connectivity index (χ3n) is 2.02. The molecule has 1 aromatic heterocycles. The van der Waals surface area contributed by atoms with E-state index in [-0.39, 0.29) is 22.8 Å². The van der Waals surface area contributed by atoms with Crippen LogP contribution in [0.3, 0.4) is 0 Å². The van der Waals surface area contributed by atoms with Crippen LogP contribution in [-0.2, 0) is 10.0 Å². The van der Waals surface area contributed by atoms with Crippen molar-refractivity contribution in [2.24, 2.45) is 4.40 Å². The summed E-state index contributed by atoms with van der Waals surface area (Å²) in [7, 11) is -3.71. The van der Waals surface area contributed by atoms with Crippen molar-refractivity contribution < 1.29 is 13.5 Å². The normalized spacial score (nSPS) is 18.9. The van der Waals surface area contributed by atoms with Crippen LogP contribution in [0, 0.1) is 0 Å². The van der Waals surface area contributed by atoms with Gasteiger partial charge >= 0.3 is 0 Å². The van der Waals surface area contributed by atoms with Crippen LogP contribution < -0.4 is 10.6 Å². The highest BCUT2D eigenvalue weighted by atomic mass is 35.5. The van der Waals surface area contributed by atoms with Crippen LogP contribution in [0.1, 0.15) is 6.92 Å². The average Bonchev–Trinajstić information content (AvgIpc) is 2.58. The third kappa shape index (κ3) is 2.54. The van der Waals surface area contributed by atoms with Gasteiger partial charge in [-0.15, -0.1) is 15.7 Å². The summed E-state index contributed by atoms with van der Waals surface area (Å²) >= 11 is 6.72. The molecule has 2 heterocycles. The van der Waals surface area contributed by atoms with Crippen molar-refractivity contribution in [1.82, 2.24) is 5.32 Å². The zero-order valence-corrected chi connectivity index (χ0v) is 11.2. The fourth-order valence-corrected chi connectivity index (χ4v) is 3.94. The molecule has 0 radical (unpaired) electrons. The molecule has 2 rings (SSSR count). The maximum atomic E-state index is 11.8. The summed E-state index contributed by atoms with van der Waals surface area (Å²) in [6.45, 7) is 1.57. The zero-order chi connectivity index (χ0) is 12.6. The van der Waals surface area contributed by atoms with E-state index in [1.807, 2.05) is 0 Å². The minimum Gasteiger partial charge on any atom is -0.394 e. The lowest BCUT2D eigenvalue weighted by Gasteiger charge is -2.18. The fraction of sp³-hybridized carbons (Fsp3) is 0.375. The maximum absolute atomic E-state index is 11.8. The van der Waals surface area contributed by atoms with E-state index in [1.54, 1.807) is 6.92 Å². The molecule has 0 saturated heterocycles. The van der Waals surface area contributed by atoms with E-state index in [2.05, 4.69) is 15.0 Å². The number of guanidine groups is 1. The first kappa shape index (κ1) is 12.6. The first-order valence-corrected chi connectivity index (χ1v) is 7.34. The minimum absolute atomic E-state index is 0.0912. The summed E-state index contributed by atoms with van der Waals surface area (Å²) in [4.78, 5) is 0. The van der Waals surface area contributed by atoms with E-state index in [0.29, 0.717) is 10.0 Å². The van der Waals surface area contributed by atoms with Crippen LogP contribution in [0.15, 0.2) is 14.7 Å². The molecule has 0 aromatic carbocycles. The number of nitrogens with one attached hydrogen (secondary N) is 2. The highest BCUT2D eigenvalue weighted by Crippen LogP contribution is 2.37. The highest BCUT2D eigenvalue weighted by Gasteiger charge is 2.28. The number of thiophene rings is 1. The van der Waals surface area contributed by atoms with Gasteiger partial charge in [-0.25, -0.2) is 0 Å². The average molecular weight is 296 g/mol. The Kier molecular flexibility index (Phi) is 3.30. The first-order chi connectivity index (χ1) is 7.92. The molecule has 1 aliphatic rings. The Labute approximate surface area is 107 Å². The quantitative estimate of drug-likeness (QED) is 0.752. The standard InChI is InChI=1S/C8H10ClN3O3S2/c1-4(3-13)10-8-11-5-2-6(9)16-7(5)17(14,15)12-8/h2,4,13H,3H2,1H3,(H2,10,11,12). The number of aliphatic hydroxyl groups excluding tert-OH is 1. The van der Waals surface area contributed by atoms with Crippen LogP contribution >= 0.6 is 22.9 Å². The number of halogens is 1. The van der Waals surface area contributed by atoms with Crippen LogP contribution in [0.4, 0.5) is 5.69 Å². The Balaban J connectivity index is 2.34. The number of hydrogen-bond donors (Lipinski definition) is 3. The molecule has 0 bridgehead atoms. The van der Waals surface area contributed by atoms with Crippen molar-refractivity contribution in [3.63, 3.8) is 0 Å². The molecule has 94 valence electrons. The smallest absolute Gasteiger partial charge is 0.297 e. The van der Waals surface area contributed by atoms with Gasteiger partial charge in [0.05, 0.1) is 16.6 Å². The minimum atomic E-state index is -3.71. The molecule has 9 heteroatoms. The second kappa shape index (κ2) is 4.45. The summed E-state index contributed by atoms with van der Waals surface area (Å²) in [5.74, 6) is 0.0912. The van der Waals surface area contributed by atoms with E-state index in [1.165, 1.54) is 6.07 Å². The van der Waals surface area contributed by atoms with Gasteiger partial charge in [-0.05, 0) is 13.0 Å². The molecular formula is C8H10ClN3O3S2. The lowest BCUT2D eigenvalue weighted by molar-refractivity contribution is 0.264. The van der Waals surface area contributed by atoms with Crippen LogP contribution in [0.25, 0.3) is 0 Å². The van der Waals surface area contributed by atoms with Gasteiger partial charge in [0.2, 0.25) is 5.96 Å².